The molecular formula is C30H49N5O7. The minimum absolute atomic E-state index is 0.0652. The van der Waals surface area contributed by atoms with Gasteiger partial charge in [0.1, 0.15) is 24.4 Å². The molecule has 0 unspecified atom stereocenters. The third-order valence-corrected chi connectivity index (χ3v) is 9.59. The Bertz CT molecular complexity index is 1030. The number of fused-ring (bicyclic) bond motifs is 6. The van der Waals surface area contributed by atoms with Crippen molar-refractivity contribution >= 4 is 23.6 Å². The smallest absolute Gasteiger partial charge is 0.244 e. The fourth-order valence-electron chi connectivity index (χ4n) is 7.39. The van der Waals surface area contributed by atoms with E-state index < -0.39 is 42.4 Å². The Morgan fingerprint density at radius 3 is 2.40 bits per heavy atom. The molecular weight excluding hydrogens is 542 g/mol. The molecule has 236 valence electrons. The van der Waals surface area contributed by atoms with Crippen LogP contribution >= 0.6 is 0 Å². The highest BCUT2D eigenvalue weighted by atomic mass is 16.5. The second-order valence-electron chi connectivity index (χ2n) is 14.2. The average Bonchev–Trinajstić information content (AvgIpc) is 3.45. The number of nitrogens with one attached hydrogen (secondary N) is 2. The molecule has 0 aromatic heterocycles. The van der Waals surface area contributed by atoms with Crippen molar-refractivity contribution in [2.75, 3.05) is 39.3 Å². The van der Waals surface area contributed by atoms with Crippen LogP contribution < -0.4 is 10.6 Å². The van der Waals surface area contributed by atoms with Crippen LogP contribution in [0.4, 0.5) is 0 Å². The van der Waals surface area contributed by atoms with Crippen LogP contribution in [0.2, 0.25) is 0 Å². The number of aliphatic hydroxyl groups is 2. The SMILES string of the molecule is CC(C)(C)CC(=O)N1CCN2C[C@H]1C(=O)NC[C@H]1O[C@@H](CC(=O)N[C@H]3C[C@@H](C2=O)N(CC2CCCCC2)C3)[C@H](O)[C@@H]1O. The maximum Gasteiger partial charge on any atom is 0.244 e. The number of rotatable bonds is 3. The number of ether oxygens (including phenoxy) is 1. The number of nitrogens with zero attached hydrogens (tertiary/aromatic N) is 3. The molecule has 7 atom stereocenters. The summed E-state index contributed by atoms with van der Waals surface area (Å²) in [6.45, 7) is 7.81. The second-order valence-corrected chi connectivity index (χ2v) is 14.2. The summed E-state index contributed by atoms with van der Waals surface area (Å²) in [6.07, 6.45) is 2.10. The predicted octanol–water partition coefficient (Wildman–Crippen LogP) is -0.389. The zero-order valence-corrected chi connectivity index (χ0v) is 25.3. The average molecular weight is 592 g/mol. The number of carbonyl (C=O) groups excluding carboxylic acids is 4. The van der Waals surface area contributed by atoms with Gasteiger partial charge in [-0.2, -0.15) is 0 Å². The lowest BCUT2D eigenvalue weighted by molar-refractivity contribution is -0.151. The van der Waals surface area contributed by atoms with Gasteiger partial charge >= 0.3 is 0 Å². The highest BCUT2D eigenvalue weighted by Crippen LogP contribution is 2.30. The van der Waals surface area contributed by atoms with E-state index in [9.17, 15) is 29.4 Å². The molecule has 12 nitrogen and oxygen atoms in total. The van der Waals surface area contributed by atoms with Crippen molar-refractivity contribution in [3.05, 3.63) is 0 Å². The lowest BCUT2D eigenvalue weighted by Crippen LogP contribution is -2.63. The Hall–Kier alpha value is -2.28. The van der Waals surface area contributed by atoms with E-state index in [1.165, 1.54) is 19.3 Å². The van der Waals surface area contributed by atoms with Crippen LogP contribution in [-0.2, 0) is 23.9 Å². The molecule has 42 heavy (non-hydrogen) atoms. The summed E-state index contributed by atoms with van der Waals surface area (Å²) in [5.74, 6) is -0.436. The first-order valence-electron chi connectivity index (χ1n) is 15.8. The standard InChI is InChI=1S/C30H49N5O7/c1-30(2,3)13-25(37)35-10-9-33-17-21(35)28(40)31-14-23-27(39)26(38)22(42-23)12-24(36)32-19-11-20(29(33)41)34(16-19)15-18-7-5-4-6-8-18/h18-23,26-27,38-39H,4-17H2,1-3H3,(H,31,40)(H,32,36)/t19-,20-,21-,22-,23+,26-,27+/m0/s1. The normalized spacial score (nSPS) is 35.7. The van der Waals surface area contributed by atoms with Crippen molar-refractivity contribution < 1.29 is 34.1 Å². The summed E-state index contributed by atoms with van der Waals surface area (Å²) >= 11 is 0. The van der Waals surface area contributed by atoms with E-state index in [1.807, 2.05) is 20.8 Å². The van der Waals surface area contributed by atoms with Crippen LogP contribution in [0.5, 0.6) is 0 Å². The number of aliphatic hydroxyl groups excluding tert-OH is 2. The van der Waals surface area contributed by atoms with E-state index in [4.69, 9.17) is 4.74 Å². The van der Waals surface area contributed by atoms with Gasteiger partial charge in [-0.25, -0.2) is 0 Å². The highest BCUT2D eigenvalue weighted by molar-refractivity contribution is 5.90. The van der Waals surface area contributed by atoms with Gasteiger partial charge in [0.05, 0.1) is 25.1 Å². The van der Waals surface area contributed by atoms with Crippen LogP contribution in [-0.4, -0.2) is 130 Å². The fourth-order valence-corrected chi connectivity index (χ4v) is 7.39. The molecule has 4 amide bonds. The first-order chi connectivity index (χ1) is 19.9. The molecule has 4 heterocycles. The summed E-state index contributed by atoms with van der Waals surface area (Å²) in [6, 6.07) is -1.55. The molecule has 5 aliphatic rings. The Labute approximate surface area is 248 Å². The van der Waals surface area contributed by atoms with Crippen LogP contribution in [0.1, 0.15) is 72.1 Å². The van der Waals surface area contributed by atoms with Crippen molar-refractivity contribution in [1.82, 2.24) is 25.3 Å². The first-order valence-corrected chi connectivity index (χ1v) is 15.8. The lowest BCUT2D eigenvalue weighted by Gasteiger charge is -2.43. The third-order valence-electron chi connectivity index (χ3n) is 9.59. The zero-order chi connectivity index (χ0) is 30.2. The Balaban J connectivity index is 1.41. The van der Waals surface area contributed by atoms with Gasteiger partial charge in [0, 0.05) is 45.2 Å². The van der Waals surface area contributed by atoms with E-state index in [1.54, 1.807) is 9.80 Å². The molecule has 0 aromatic rings. The number of likely N-dealkylation sites (tertiary alicyclic amines) is 1. The van der Waals surface area contributed by atoms with E-state index in [-0.39, 0.29) is 61.7 Å². The first kappa shape index (κ1) is 31.2. The highest BCUT2D eigenvalue weighted by Gasteiger charge is 2.47. The van der Waals surface area contributed by atoms with Crippen molar-refractivity contribution in [2.45, 2.75) is 115 Å². The maximum atomic E-state index is 14.1. The van der Waals surface area contributed by atoms with Gasteiger partial charge in [0.25, 0.3) is 0 Å². The number of piperazine rings is 1. The van der Waals surface area contributed by atoms with Crippen molar-refractivity contribution in [1.29, 1.82) is 0 Å². The van der Waals surface area contributed by atoms with E-state index in [0.29, 0.717) is 25.4 Å². The predicted molar refractivity (Wildman–Crippen MR) is 153 cm³/mol. The van der Waals surface area contributed by atoms with Gasteiger partial charge in [-0.15, -0.1) is 0 Å². The topological polar surface area (TPSA) is 152 Å². The molecule has 4 aliphatic heterocycles. The molecule has 0 spiro atoms. The molecule has 1 aliphatic carbocycles. The van der Waals surface area contributed by atoms with Gasteiger partial charge in [-0.05, 0) is 30.6 Å². The minimum Gasteiger partial charge on any atom is -0.388 e. The molecule has 0 radical (unpaired) electrons. The molecule has 5 fully saturated rings. The van der Waals surface area contributed by atoms with Gasteiger partial charge in [0.15, 0.2) is 0 Å². The Morgan fingerprint density at radius 2 is 1.69 bits per heavy atom. The number of amides is 4. The minimum atomic E-state index is -1.27. The lowest BCUT2D eigenvalue weighted by atomic mass is 9.89. The molecule has 1 saturated carbocycles. The van der Waals surface area contributed by atoms with Crippen LogP contribution in [0, 0.1) is 11.3 Å². The van der Waals surface area contributed by atoms with Gasteiger partial charge in [-0.1, -0.05) is 40.0 Å². The molecule has 4 saturated heterocycles. The van der Waals surface area contributed by atoms with Gasteiger partial charge in [-0.3, -0.25) is 24.1 Å². The van der Waals surface area contributed by atoms with Crippen LogP contribution in [0.25, 0.3) is 0 Å². The quantitative estimate of drug-likeness (QED) is 0.347. The summed E-state index contributed by atoms with van der Waals surface area (Å²) in [5, 5.41) is 27.1. The molecule has 0 aromatic carbocycles. The molecule has 4 N–H and O–H groups in total. The van der Waals surface area contributed by atoms with Crippen LogP contribution in [0.15, 0.2) is 0 Å². The van der Waals surface area contributed by atoms with Crippen LogP contribution in [0.3, 0.4) is 0 Å². The Morgan fingerprint density at radius 1 is 0.976 bits per heavy atom. The fraction of sp³-hybridized carbons (Fsp3) is 0.867. The van der Waals surface area contributed by atoms with Crippen molar-refractivity contribution in [2.24, 2.45) is 11.3 Å². The largest absolute Gasteiger partial charge is 0.388 e. The molecule has 6 bridgehead atoms. The van der Waals surface area contributed by atoms with Crippen molar-refractivity contribution in [3.63, 3.8) is 0 Å². The Kier molecular flexibility index (Phi) is 9.46. The van der Waals surface area contributed by atoms with Gasteiger partial charge in [0.2, 0.25) is 23.6 Å². The van der Waals surface area contributed by atoms with E-state index >= 15 is 0 Å². The molecule has 12 heteroatoms. The summed E-state index contributed by atoms with van der Waals surface area (Å²) < 4.78 is 5.84. The van der Waals surface area contributed by atoms with Crippen molar-refractivity contribution in [3.8, 4) is 0 Å². The van der Waals surface area contributed by atoms with E-state index in [2.05, 4.69) is 15.5 Å². The summed E-state index contributed by atoms with van der Waals surface area (Å²) in [5.41, 5.74) is -0.269. The second kappa shape index (κ2) is 12.8. The monoisotopic (exact) mass is 591 g/mol. The number of hydrogen-bond donors (Lipinski definition) is 4. The van der Waals surface area contributed by atoms with E-state index in [0.717, 1.165) is 19.4 Å². The summed E-state index contributed by atoms with van der Waals surface area (Å²) in [7, 11) is 0. The third kappa shape index (κ3) is 7.09. The number of hydrogen-bond acceptors (Lipinski definition) is 8. The molecule has 5 rings (SSSR count). The summed E-state index contributed by atoms with van der Waals surface area (Å²) in [4.78, 5) is 59.5. The van der Waals surface area contributed by atoms with Gasteiger partial charge < -0.3 is 35.4 Å². The zero-order valence-electron chi connectivity index (χ0n) is 25.3. The number of carbonyl (C=O) groups is 4. The maximum absolute atomic E-state index is 14.1.